The molecule has 14 heavy (non-hydrogen) atoms. The molecule has 0 aromatic rings. The molecule has 0 atom stereocenters. The second-order valence-electron chi connectivity index (χ2n) is 3.22. The average molecular weight is 198 g/mol. The Labute approximate surface area is 82.6 Å². The maximum Gasteiger partial charge on any atom is 0.331 e. The number of aliphatic carboxylic acids is 1. The molecule has 0 spiro atoms. The van der Waals surface area contributed by atoms with Gasteiger partial charge in [-0.3, -0.25) is 4.79 Å². The molecular weight excluding hydrogens is 184 g/mol. The molecular formula is C10H14O4. The van der Waals surface area contributed by atoms with Crippen LogP contribution in [-0.4, -0.2) is 23.7 Å². The van der Waals surface area contributed by atoms with Gasteiger partial charge in [0.2, 0.25) is 0 Å². The van der Waals surface area contributed by atoms with Crippen molar-refractivity contribution in [3.63, 3.8) is 0 Å². The molecule has 0 saturated carbocycles. The van der Waals surface area contributed by atoms with E-state index in [1.165, 1.54) is 0 Å². The molecule has 0 amide bonds. The van der Waals surface area contributed by atoms with Gasteiger partial charge in [-0.2, -0.15) is 0 Å². The minimum atomic E-state index is -0.901. The number of hydrogen-bond donors (Lipinski definition) is 1. The van der Waals surface area contributed by atoms with E-state index in [0.29, 0.717) is 25.0 Å². The zero-order valence-electron chi connectivity index (χ0n) is 8.21. The minimum absolute atomic E-state index is 0.134. The highest BCUT2D eigenvalue weighted by Crippen LogP contribution is 2.28. The first-order chi connectivity index (χ1) is 6.65. The number of esters is 1. The smallest absolute Gasteiger partial charge is 0.331 e. The fraction of sp³-hybridized carbons (Fsp3) is 0.600. The summed E-state index contributed by atoms with van der Waals surface area (Å²) in [6.07, 6.45) is 2.25. The van der Waals surface area contributed by atoms with Crippen molar-refractivity contribution in [2.45, 2.75) is 32.6 Å². The van der Waals surface area contributed by atoms with Crippen molar-refractivity contribution in [3.05, 3.63) is 11.1 Å². The van der Waals surface area contributed by atoms with Crippen LogP contribution in [0.25, 0.3) is 0 Å². The Bertz CT molecular complexity index is 278. The number of carboxylic acid groups (broad SMARTS) is 1. The Morgan fingerprint density at radius 2 is 2.14 bits per heavy atom. The highest BCUT2D eigenvalue weighted by atomic mass is 16.5. The van der Waals surface area contributed by atoms with Gasteiger partial charge < -0.3 is 9.84 Å². The van der Waals surface area contributed by atoms with E-state index in [9.17, 15) is 9.59 Å². The second kappa shape index (κ2) is 4.79. The first kappa shape index (κ1) is 10.8. The summed E-state index contributed by atoms with van der Waals surface area (Å²) in [5.41, 5.74) is 1.13. The summed E-state index contributed by atoms with van der Waals surface area (Å²) in [6.45, 7) is 2.08. The quantitative estimate of drug-likeness (QED) is 0.695. The van der Waals surface area contributed by atoms with Gasteiger partial charge in [0.25, 0.3) is 0 Å². The molecule has 4 heteroatoms. The first-order valence-corrected chi connectivity index (χ1v) is 4.75. The predicted molar refractivity (Wildman–Crippen MR) is 49.8 cm³/mol. The summed E-state index contributed by atoms with van der Waals surface area (Å²) in [4.78, 5) is 21.9. The SMILES string of the molecule is CCOC(=O)CC1=C(C(=O)O)CCC1. The molecule has 0 saturated heterocycles. The number of rotatable bonds is 4. The summed E-state index contributed by atoms with van der Waals surface area (Å²) < 4.78 is 4.77. The lowest BCUT2D eigenvalue weighted by molar-refractivity contribution is -0.142. The van der Waals surface area contributed by atoms with Crippen LogP contribution >= 0.6 is 0 Å². The van der Waals surface area contributed by atoms with Gasteiger partial charge in [-0.15, -0.1) is 0 Å². The highest BCUT2D eigenvalue weighted by molar-refractivity contribution is 5.89. The first-order valence-electron chi connectivity index (χ1n) is 4.75. The number of carbonyl (C=O) groups is 2. The van der Waals surface area contributed by atoms with Gasteiger partial charge in [0.1, 0.15) is 0 Å². The van der Waals surface area contributed by atoms with E-state index in [1.54, 1.807) is 6.92 Å². The largest absolute Gasteiger partial charge is 0.478 e. The van der Waals surface area contributed by atoms with E-state index in [1.807, 2.05) is 0 Å². The molecule has 1 aliphatic carbocycles. The van der Waals surface area contributed by atoms with Crippen molar-refractivity contribution in [1.82, 2.24) is 0 Å². The van der Waals surface area contributed by atoms with Gasteiger partial charge in [-0.25, -0.2) is 4.79 Å². The molecule has 0 heterocycles. The van der Waals surface area contributed by atoms with Gasteiger partial charge in [0.15, 0.2) is 0 Å². The third kappa shape index (κ3) is 2.58. The lowest BCUT2D eigenvalue weighted by Crippen LogP contribution is -2.07. The molecule has 78 valence electrons. The molecule has 1 aliphatic rings. The van der Waals surface area contributed by atoms with Crippen LogP contribution in [0.3, 0.4) is 0 Å². The van der Waals surface area contributed by atoms with Crippen LogP contribution in [0.2, 0.25) is 0 Å². The van der Waals surface area contributed by atoms with E-state index < -0.39 is 5.97 Å². The maximum absolute atomic E-state index is 11.1. The highest BCUT2D eigenvalue weighted by Gasteiger charge is 2.22. The molecule has 0 radical (unpaired) electrons. The van der Waals surface area contributed by atoms with E-state index >= 15 is 0 Å². The van der Waals surface area contributed by atoms with Gasteiger partial charge in [-0.1, -0.05) is 0 Å². The predicted octanol–water partition coefficient (Wildman–Crippen LogP) is 1.50. The zero-order chi connectivity index (χ0) is 10.6. The molecule has 0 unspecified atom stereocenters. The van der Waals surface area contributed by atoms with E-state index in [4.69, 9.17) is 9.84 Å². The lowest BCUT2D eigenvalue weighted by atomic mass is 10.1. The fourth-order valence-corrected chi connectivity index (χ4v) is 1.65. The van der Waals surface area contributed by atoms with Crippen LogP contribution in [-0.2, 0) is 14.3 Å². The normalized spacial score (nSPS) is 15.8. The summed E-state index contributed by atoms with van der Waals surface area (Å²) >= 11 is 0. The topological polar surface area (TPSA) is 63.6 Å². The second-order valence-corrected chi connectivity index (χ2v) is 3.22. The van der Waals surface area contributed by atoms with Gasteiger partial charge >= 0.3 is 11.9 Å². The molecule has 0 aliphatic heterocycles. The molecule has 4 nitrogen and oxygen atoms in total. The van der Waals surface area contributed by atoms with Gasteiger partial charge in [0, 0.05) is 5.57 Å². The van der Waals surface area contributed by atoms with Crippen LogP contribution < -0.4 is 0 Å². The standard InChI is InChI=1S/C10H14O4/c1-2-14-9(11)6-7-4-3-5-8(7)10(12)13/h2-6H2,1H3,(H,12,13). The van der Waals surface area contributed by atoms with Crippen molar-refractivity contribution in [1.29, 1.82) is 0 Å². The zero-order valence-corrected chi connectivity index (χ0v) is 8.21. The van der Waals surface area contributed by atoms with Crippen LogP contribution in [0.15, 0.2) is 11.1 Å². The maximum atomic E-state index is 11.1. The monoisotopic (exact) mass is 198 g/mol. The average Bonchev–Trinajstić information content (AvgIpc) is 2.52. The Morgan fingerprint density at radius 1 is 1.43 bits per heavy atom. The summed E-state index contributed by atoms with van der Waals surface area (Å²) in [5.74, 6) is -1.23. The van der Waals surface area contributed by atoms with Crippen LogP contribution in [0.5, 0.6) is 0 Å². The van der Waals surface area contributed by atoms with Crippen molar-refractivity contribution in [2.75, 3.05) is 6.61 Å². The molecule has 0 fully saturated rings. The minimum Gasteiger partial charge on any atom is -0.478 e. The van der Waals surface area contributed by atoms with Crippen LogP contribution in [0, 0.1) is 0 Å². The van der Waals surface area contributed by atoms with Crippen LogP contribution in [0.4, 0.5) is 0 Å². The lowest BCUT2D eigenvalue weighted by Gasteiger charge is -2.03. The Hall–Kier alpha value is -1.32. The van der Waals surface area contributed by atoms with Crippen molar-refractivity contribution in [2.24, 2.45) is 0 Å². The van der Waals surface area contributed by atoms with E-state index in [2.05, 4.69) is 0 Å². The third-order valence-corrected chi connectivity index (χ3v) is 2.25. The molecule has 0 aromatic heterocycles. The Morgan fingerprint density at radius 3 is 2.71 bits per heavy atom. The number of ether oxygens (including phenoxy) is 1. The molecule has 0 bridgehead atoms. The number of hydrogen-bond acceptors (Lipinski definition) is 3. The Kier molecular flexibility index (Phi) is 3.68. The molecule has 0 aromatic carbocycles. The molecule has 1 rings (SSSR count). The van der Waals surface area contributed by atoms with Gasteiger partial charge in [0.05, 0.1) is 13.0 Å². The van der Waals surface area contributed by atoms with Crippen molar-refractivity contribution < 1.29 is 19.4 Å². The fourth-order valence-electron chi connectivity index (χ4n) is 1.65. The summed E-state index contributed by atoms with van der Waals surface area (Å²) in [7, 11) is 0. The summed E-state index contributed by atoms with van der Waals surface area (Å²) in [5, 5.41) is 8.82. The molecule has 1 N–H and O–H groups in total. The van der Waals surface area contributed by atoms with Crippen molar-refractivity contribution >= 4 is 11.9 Å². The van der Waals surface area contributed by atoms with E-state index in [0.717, 1.165) is 12.0 Å². The van der Waals surface area contributed by atoms with Crippen molar-refractivity contribution in [3.8, 4) is 0 Å². The van der Waals surface area contributed by atoms with E-state index in [-0.39, 0.29) is 12.4 Å². The van der Waals surface area contributed by atoms with Crippen LogP contribution in [0.1, 0.15) is 32.6 Å². The number of carboxylic acids is 1. The Balaban J connectivity index is 2.62. The van der Waals surface area contributed by atoms with Gasteiger partial charge in [-0.05, 0) is 31.8 Å². The summed E-state index contributed by atoms with van der Waals surface area (Å²) in [6, 6.07) is 0. The number of carbonyl (C=O) groups excluding carboxylic acids is 1. The third-order valence-electron chi connectivity index (χ3n) is 2.25.